The van der Waals surface area contributed by atoms with Gasteiger partial charge in [0.1, 0.15) is 23.0 Å². The molecule has 0 radical (unpaired) electrons. The molecule has 0 heterocycles. The van der Waals surface area contributed by atoms with E-state index < -0.39 is 70.0 Å². The van der Waals surface area contributed by atoms with Crippen LogP contribution in [0.25, 0.3) is 64.8 Å². The van der Waals surface area contributed by atoms with Crippen molar-refractivity contribution in [3.8, 4) is 0 Å². The number of aliphatic hydroxyl groups excluding tert-OH is 4. The number of aliphatic carboxylic acids is 4. The standard InChI is InChI=1S/2C13H12N6O4.2C11H12N2O4.4Ar/c1-7-9(5-16-18-14)2-8(3-10(7)6-17-19-15)11(20)4-12(21)13(22)23;1-7-9(6-17-19-15)2-8(5-16-18-14)3-10(7)11(20)4-12(21)13(22)23;1-5-7(2-6(12)3-8(5)13)9(14)4-10(15)11(16)17;1-5-7(12)2-6(3-8(5)13)9(14)4-10(15)11(16)17;;;;/h2*2-4,20H,5-6H2,1H3,(H,22,23);2*2-4,14H,12-13H2,1H3,(H,16,17);;;;. The molecule has 4 rings (SSSR count). The predicted molar refractivity (Wildman–Crippen MR) is 287 cm³/mol. The second kappa shape index (κ2) is 42.0. The number of hydrogen-bond acceptors (Lipinski definition) is 20. The van der Waals surface area contributed by atoms with Crippen molar-refractivity contribution in [3.63, 3.8) is 0 Å². The molecule has 0 amide bonds. The minimum atomic E-state index is -1.70. The Morgan fingerprint density at radius 1 is 0.393 bits per heavy atom. The first-order chi connectivity index (χ1) is 37.4. The van der Waals surface area contributed by atoms with Crippen molar-refractivity contribution < 1.29 is 230 Å². The van der Waals surface area contributed by atoms with Gasteiger partial charge in [0.2, 0.25) is 0 Å². The van der Waals surface area contributed by atoms with Gasteiger partial charge in [-0.15, -0.1) is 0 Å². The number of azide groups is 4. The van der Waals surface area contributed by atoms with Crippen LogP contribution >= 0.6 is 0 Å². The van der Waals surface area contributed by atoms with Crippen LogP contribution in [0.2, 0.25) is 0 Å². The molecule has 0 aliphatic rings. The van der Waals surface area contributed by atoms with E-state index in [0.717, 1.165) is 0 Å². The van der Waals surface area contributed by atoms with E-state index in [1.165, 1.54) is 42.5 Å². The van der Waals surface area contributed by atoms with Crippen molar-refractivity contribution in [2.24, 2.45) is 20.5 Å². The van der Waals surface area contributed by atoms with Gasteiger partial charge in [-0.1, -0.05) is 26.5 Å². The fraction of sp³-hybridized carbons (Fsp3) is 0.167. The SMILES string of the molecule is Cc1c(CN=[N+]=[N-])cc(C(O)=CC(=O)C(=O)O)cc1CN=[N+]=[N-].Cc1c(CN=[N+]=[N-])cc(CN=[N+]=[N-])cc1C(O)=CC(=O)C(=O)O.Cc1c(N)cc(C(O)=CC(=O)C(=O)O)cc1N.Cc1c(N)cc(N)cc1C(O)=CC(=O)C(=O)O.[Ar].[Ar].[Ar].[Ar]. The van der Waals surface area contributed by atoms with Crippen molar-refractivity contribution in [1.82, 2.24) is 0 Å². The number of hydrogen-bond donors (Lipinski definition) is 12. The van der Waals surface area contributed by atoms with Crippen molar-refractivity contribution in [3.05, 3.63) is 181 Å². The van der Waals surface area contributed by atoms with Crippen LogP contribution in [0.5, 0.6) is 0 Å². The number of carbonyl (C=O) groups is 8. The van der Waals surface area contributed by atoms with Crippen LogP contribution in [0.15, 0.2) is 93.3 Å². The summed E-state index contributed by atoms with van der Waals surface area (Å²) in [5, 5.41) is 86.7. The molecule has 0 atom stereocenters. The van der Waals surface area contributed by atoms with Gasteiger partial charge in [-0.05, 0) is 137 Å². The van der Waals surface area contributed by atoms with Crippen LogP contribution < -0.4 is 22.9 Å². The number of anilines is 4. The van der Waals surface area contributed by atoms with Crippen LogP contribution in [0.1, 0.15) is 66.8 Å². The van der Waals surface area contributed by atoms with Gasteiger partial charge in [0, 0.05) is 240 Å². The molecule has 0 fully saturated rings. The summed E-state index contributed by atoms with van der Waals surface area (Å²) in [6, 6.07) is 11.8. The summed E-state index contributed by atoms with van der Waals surface area (Å²) in [5.41, 5.74) is 62.7. The van der Waals surface area contributed by atoms with Crippen LogP contribution in [-0.2, 0) is 64.5 Å². The Morgan fingerprint density at radius 2 is 0.690 bits per heavy atom. The molecule has 448 valence electrons. The molecule has 0 aliphatic heterocycles. The Kier molecular flexibility index (Phi) is 41.7. The average molecular weight is 1260 g/mol. The molecule has 84 heavy (non-hydrogen) atoms. The normalized spacial score (nSPS) is 10.2. The number of rotatable bonds is 20. The molecule has 16 N–H and O–H groups in total. The molecule has 4 aromatic carbocycles. The second-order valence-electron chi connectivity index (χ2n) is 15.8. The molecule has 32 nitrogen and oxygen atoms in total. The third-order valence-corrected chi connectivity index (χ3v) is 10.4. The topological polar surface area (TPSA) is 598 Å². The van der Waals surface area contributed by atoms with Crippen molar-refractivity contribution in [1.29, 1.82) is 0 Å². The van der Waals surface area contributed by atoms with Crippen LogP contribution in [-0.4, -0.2) is 87.9 Å². The van der Waals surface area contributed by atoms with Crippen molar-refractivity contribution >= 4 is 92.8 Å². The van der Waals surface area contributed by atoms with Gasteiger partial charge in [-0.3, -0.25) is 19.2 Å². The van der Waals surface area contributed by atoms with Crippen LogP contribution in [0.3, 0.4) is 0 Å². The number of carboxylic acid groups (broad SMARTS) is 4. The average Bonchev–Trinajstić information content (AvgIpc) is 3.52. The van der Waals surface area contributed by atoms with Gasteiger partial charge >= 0.3 is 23.9 Å². The summed E-state index contributed by atoms with van der Waals surface area (Å²) >= 11 is 0. The predicted octanol–water partition coefficient (Wildman–Crippen LogP) is 7.76. The quantitative estimate of drug-likeness (QED) is 0.00764. The van der Waals surface area contributed by atoms with Gasteiger partial charge in [0.25, 0.3) is 23.1 Å². The van der Waals surface area contributed by atoms with E-state index in [-0.39, 0.29) is 199 Å². The summed E-state index contributed by atoms with van der Waals surface area (Å²) in [6.07, 6.45) is 2.37. The number of benzene rings is 4. The van der Waals surface area contributed by atoms with E-state index >= 15 is 0 Å². The number of carboxylic acids is 4. The van der Waals surface area contributed by atoms with Crippen LogP contribution in [0, 0.1) is 179 Å². The second-order valence-corrected chi connectivity index (χ2v) is 15.8. The Labute approximate surface area is 594 Å². The molecule has 4 aromatic rings. The first-order valence-corrected chi connectivity index (χ1v) is 21.8. The van der Waals surface area contributed by atoms with E-state index in [1.807, 2.05) is 0 Å². The van der Waals surface area contributed by atoms with Gasteiger partial charge in [0.05, 0.1) is 26.2 Å². The first-order valence-electron chi connectivity index (χ1n) is 21.8. The summed E-state index contributed by atoms with van der Waals surface area (Å²) < 4.78 is 0. The summed E-state index contributed by atoms with van der Waals surface area (Å²) in [5.74, 6) is -13.8. The maximum atomic E-state index is 11.2. The van der Waals surface area contributed by atoms with E-state index in [9.17, 15) is 58.8 Å². The molecule has 0 aromatic heterocycles. The zero-order valence-electron chi connectivity index (χ0n) is 43.7. The summed E-state index contributed by atoms with van der Waals surface area (Å²) in [4.78, 5) is 96.4. The third-order valence-electron chi connectivity index (χ3n) is 10.4. The molecule has 0 bridgehead atoms. The number of aliphatic hydroxyl groups is 4. The summed E-state index contributed by atoms with van der Waals surface area (Å²) in [6.45, 7) is 6.60. The molecule has 0 saturated carbocycles. The molecule has 36 heteroatoms. The minimum Gasteiger partial charge on any atom is -0.507 e. The van der Waals surface area contributed by atoms with E-state index in [1.54, 1.807) is 33.8 Å². The fourth-order valence-electron chi connectivity index (χ4n) is 6.11. The van der Waals surface area contributed by atoms with Gasteiger partial charge in [-0.2, -0.15) is 0 Å². The molecular weight excluding hydrogens is 1220 g/mol. The smallest absolute Gasteiger partial charge is 0.376 e. The zero-order chi connectivity index (χ0) is 61.1. The Balaban J connectivity index is -0.000000505. The molecule has 0 saturated heterocycles. The van der Waals surface area contributed by atoms with Gasteiger partial charge in [0.15, 0.2) is 0 Å². The molecule has 0 unspecified atom stereocenters. The largest absolute Gasteiger partial charge is 0.507 e. The van der Waals surface area contributed by atoms with E-state index in [4.69, 9.17) is 65.5 Å². The first kappa shape index (κ1) is 83.5. The summed E-state index contributed by atoms with van der Waals surface area (Å²) in [7, 11) is 0. The van der Waals surface area contributed by atoms with E-state index in [2.05, 4.69) is 40.1 Å². The number of ketones is 4. The monoisotopic (exact) mass is 1260 g/mol. The maximum Gasteiger partial charge on any atom is 0.376 e. The molecule has 0 spiro atoms. The Hall–Kier alpha value is -6.92. The Morgan fingerprint density at radius 3 is 1.04 bits per heavy atom. The number of carbonyl (C=O) groups excluding carboxylic acids is 4. The maximum absolute atomic E-state index is 11.2. The number of nitrogen functional groups attached to an aromatic ring is 4. The Bertz CT molecular complexity index is 3420. The molecular formula is C48H48Ar4N16O16. The minimum absolute atomic E-state index is 0. The van der Waals surface area contributed by atoms with Gasteiger partial charge in [-0.25, -0.2) is 19.2 Å². The van der Waals surface area contributed by atoms with Gasteiger partial charge < -0.3 is 63.8 Å². The zero-order valence-corrected chi connectivity index (χ0v) is 46.5. The van der Waals surface area contributed by atoms with Crippen LogP contribution in [0.4, 0.5) is 22.7 Å². The fourth-order valence-corrected chi connectivity index (χ4v) is 6.11. The van der Waals surface area contributed by atoms with Crippen molar-refractivity contribution in [2.75, 3.05) is 22.9 Å². The number of nitrogens with two attached hydrogens (primary N) is 4. The van der Waals surface area contributed by atoms with E-state index in [0.29, 0.717) is 91.6 Å². The van der Waals surface area contributed by atoms with Crippen molar-refractivity contribution in [2.45, 2.75) is 53.9 Å². The number of nitrogens with zero attached hydrogens (tertiary/aromatic N) is 12. The molecule has 0 aliphatic carbocycles. The third kappa shape index (κ3) is 28.1.